The first-order valence-electron chi connectivity index (χ1n) is 8.98. The second-order valence-corrected chi connectivity index (χ2v) is 7.69. The van der Waals surface area contributed by atoms with Crippen LogP contribution in [-0.4, -0.2) is 17.7 Å². The van der Waals surface area contributed by atoms with Crippen molar-refractivity contribution in [2.45, 2.75) is 38.8 Å². The average molecular weight is 385 g/mol. The zero-order chi connectivity index (χ0) is 19.2. The topological polar surface area (TPSA) is 87.3 Å². The fourth-order valence-electron chi connectivity index (χ4n) is 2.76. The Morgan fingerprint density at radius 3 is 2.67 bits per heavy atom. The highest BCUT2D eigenvalue weighted by Crippen LogP contribution is 2.30. The lowest BCUT2D eigenvalue weighted by molar-refractivity contribution is -0.123. The predicted octanol–water partition coefficient (Wildman–Crippen LogP) is 2.98. The van der Waals surface area contributed by atoms with E-state index in [1.165, 1.54) is 18.3 Å². The molecule has 1 saturated carbocycles. The third kappa shape index (κ3) is 5.92. The lowest BCUT2D eigenvalue weighted by atomic mass is 10.1. The van der Waals surface area contributed by atoms with Crippen molar-refractivity contribution in [3.05, 3.63) is 52.2 Å². The van der Waals surface area contributed by atoms with Crippen LogP contribution < -0.4 is 16.0 Å². The maximum Gasteiger partial charge on any atom is 0.227 e. The first-order chi connectivity index (χ1) is 13.0. The average Bonchev–Trinajstić information content (AvgIpc) is 3.34. The van der Waals surface area contributed by atoms with Crippen LogP contribution in [0, 0.1) is 5.92 Å². The smallest absolute Gasteiger partial charge is 0.227 e. The van der Waals surface area contributed by atoms with Crippen molar-refractivity contribution < 1.29 is 14.4 Å². The summed E-state index contributed by atoms with van der Waals surface area (Å²) < 4.78 is 0. The van der Waals surface area contributed by atoms with Gasteiger partial charge in [-0.2, -0.15) is 0 Å². The molecule has 1 aliphatic rings. The van der Waals surface area contributed by atoms with E-state index in [1.54, 1.807) is 0 Å². The van der Waals surface area contributed by atoms with Gasteiger partial charge in [0.05, 0.1) is 12.5 Å². The zero-order valence-electron chi connectivity index (χ0n) is 15.2. The van der Waals surface area contributed by atoms with Gasteiger partial charge in [0.15, 0.2) is 0 Å². The summed E-state index contributed by atoms with van der Waals surface area (Å²) in [6.07, 6.45) is 2.10. The number of nitrogens with one attached hydrogen (secondary N) is 3. The zero-order valence-corrected chi connectivity index (χ0v) is 16.0. The van der Waals surface area contributed by atoms with Gasteiger partial charge >= 0.3 is 0 Å². The number of carbonyl (C=O) groups is 3. The van der Waals surface area contributed by atoms with Gasteiger partial charge in [-0.05, 0) is 42.0 Å². The fourth-order valence-corrected chi connectivity index (χ4v) is 3.54. The molecule has 1 aromatic heterocycles. The Morgan fingerprint density at radius 1 is 1.19 bits per heavy atom. The Morgan fingerprint density at radius 2 is 2.00 bits per heavy atom. The van der Waals surface area contributed by atoms with Gasteiger partial charge in [-0.25, -0.2) is 0 Å². The van der Waals surface area contributed by atoms with E-state index in [2.05, 4.69) is 16.0 Å². The lowest BCUT2D eigenvalue weighted by Crippen LogP contribution is -2.32. The second kappa shape index (κ2) is 8.81. The molecule has 1 heterocycles. The minimum atomic E-state index is -0.327. The SMILES string of the molecule is CC(=O)NC(CC(=O)NCc1cccc(NC(=O)C2CC2)c1)c1cccs1. The molecule has 3 rings (SSSR count). The molecule has 1 unspecified atom stereocenters. The summed E-state index contributed by atoms with van der Waals surface area (Å²) in [5, 5.41) is 10.5. The Kier molecular flexibility index (Phi) is 6.24. The highest BCUT2D eigenvalue weighted by atomic mass is 32.1. The molecule has 0 spiro atoms. The van der Waals surface area contributed by atoms with Crippen LogP contribution in [0.4, 0.5) is 5.69 Å². The quantitative estimate of drug-likeness (QED) is 0.653. The number of rotatable bonds is 8. The van der Waals surface area contributed by atoms with Crippen LogP contribution in [0.1, 0.15) is 42.7 Å². The van der Waals surface area contributed by atoms with Gasteiger partial charge < -0.3 is 16.0 Å². The molecule has 1 fully saturated rings. The van der Waals surface area contributed by atoms with Crippen molar-refractivity contribution in [1.82, 2.24) is 10.6 Å². The molecule has 6 nitrogen and oxygen atoms in total. The van der Waals surface area contributed by atoms with Crippen LogP contribution in [0.25, 0.3) is 0 Å². The first-order valence-corrected chi connectivity index (χ1v) is 9.86. The summed E-state index contributed by atoms with van der Waals surface area (Å²) in [6.45, 7) is 1.81. The summed E-state index contributed by atoms with van der Waals surface area (Å²) in [5.74, 6) is -0.100. The minimum absolute atomic E-state index is 0.0604. The largest absolute Gasteiger partial charge is 0.352 e. The van der Waals surface area contributed by atoms with E-state index >= 15 is 0 Å². The van der Waals surface area contributed by atoms with Gasteiger partial charge in [0.25, 0.3) is 0 Å². The van der Waals surface area contributed by atoms with Crippen LogP contribution in [0.15, 0.2) is 41.8 Å². The monoisotopic (exact) mass is 385 g/mol. The van der Waals surface area contributed by atoms with Gasteiger partial charge in [0.1, 0.15) is 0 Å². The highest BCUT2D eigenvalue weighted by molar-refractivity contribution is 7.10. The number of anilines is 1. The van der Waals surface area contributed by atoms with Crippen molar-refractivity contribution in [3.8, 4) is 0 Å². The van der Waals surface area contributed by atoms with Crippen molar-refractivity contribution >= 4 is 34.7 Å². The molecule has 1 aromatic carbocycles. The van der Waals surface area contributed by atoms with Crippen LogP contribution >= 0.6 is 11.3 Å². The number of carbonyl (C=O) groups excluding carboxylic acids is 3. The number of amides is 3. The molecule has 27 heavy (non-hydrogen) atoms. The molecule has 0 radical (unpaired) electrons. The number of hydrogen-bond donors (Lipinski definition) is 3. The number of thiophene rings is 1. The molecular weight excluding hydrogens is 362 g/mol. The minimum Gasteiger partial charge on any atom is -0.352 e. The summed E-state index contributed by atoms with van der Waals surface area (Å²) in [4.78, 5) is 36.6. The summed E-state index contributed by atoms with van der Waals surface area (Å²) in [5.41, 5.74) is 1.65. The van der Waals surface area contributed by atoms with Gasteiger partial charge in [-0.15, -0.1) is 11.3 Å². The van der Waals surface area contributed by atoms with E-state index in [9.17, 15) is 14.4 Å². The van der Waals surface area contributed by atoms with Crippen LogP contribution in [0.2, 0.25) is 0 Å². The maximum atomic E-state index is 12.3. The third-order valence-corrected chi connectivity index (χ3v) is 5.27. The first kappa shape index (κ1) is 19.1. The molecule has 0 saturated heterocycles. The van der Waals surface area contributed by atoms with Crippen LogP contribution in [0.5, 0.6) is 0 Å². The van der Waals surface area contributed by atoms with E-state index in [0.29, 0.717) is 6.54 Å². The van der Waals surface area contributed by atoms with Crippen LogP contribution in [0.3, 0.4) is 0 Å². The second-order valence-electron chi connectivity index (χ2n) is 6.71. The molecule has 1 atom stereocenters. The molecule has 2 aromatic rings. The van der Waals surface area contributed by atoms with Crippen molar-refractivity contribution in [1.29, 1.82) is 0 Å². The molecule has 3 amide bonds. The van der Waals surface area contributed by atoms with Crippen LogP contribution in [-0.2, 0) is 20.9 Å². The number of hydrogen-bond acceptors (Lipinski definition) is 4. The predicted molar refractivity (Wildman–Crippen MR) is 105 cm³/mol. The third-order valence-electron chi connectivity index (χ3n) is 4.29. The van der Waals surface area contributed by atoms with E-state index < -0.39 is 0 Å². The summed E-state index contributed by atoms with van der Waals surface area (Å²) >= 11 is 1.51. The van der Waals surface area contributed by atoms with E-state index in [4.69, 9.17) is 0 Å². The Labute approximate surface area is 162 Å². The number of benzene rings is 1. The van der Waals surface area contributed by atoms with E-state index in [-0.39, 0.29) is 36.1 Å². The fraction of sp³-hybridized carbons (Fsp3) is 0.350. The molecular formula is C20H23N3O3S. The van der Waals surface area contributed by atoms with Gasteiger partial charge in [-0.1, -0.05) is 18.2 Å². The Hall–Kier alpha value is -2.67. The highest BCUT2D eigenvalue weighted by Gasteiger charge is 2.29. The molecule has 1 aliphatic carbocycles. The maximum absolute atomic E-state index is 12.3. The summed E-state index contributed by atoms with van der Waals surface area (Å²) in [7, 11) is 0. The lowest BCUT2D eigenvalue weighted by Gasteiger charge is -2.16. The van der Waals surface area contributed by atoms with Gasteiger partial charge in [0, 0.05) is 30.0 Å². The van der Waals surface area contributed by atoms with Crippen molar-refractivity contribution in [3.63, 3.8) is 0 Å². The molecule has 0 aliphatic heterocycles. The Bertz CT molecular complexity index is 816. The van der Waals surface area contributed by atoms with Gasteiger partial charge in [0.2, 0.25) is 17.7 Å². The molecule has 7 heteroatoms. The van der Waals surface area contributed by atoms with Crippen molar-refractivity contribution in [2.75, 3.05) is 5.32 Å². The van der Waals surface area contributed by atoms with E-state index in [0.717, 1.165) is 29.0 Å². The normalized spacial score (nSPS) is 14.3. The standard InChI is InChI=1S/C20H23N3O3S/c1-13(24)22-17(18-6-3-9-27-18)11-19(25)21-12-14-4-2-5-16(10-14)23-20(26)15-7-8-15/h2-6,9-10,15,17H,7-8,11-12H2,1H3,(H,21,25)(H,22,24)(H,23,26). The molecule has 0 bridgehead atoms. The molecule has 3 N–H and O–H groups in total. The van der Waals surface area contributed by atoms with Crippen molar-refractivity contribution in [2.24, 2.45) is 5.92 Å². The van der Waals surface area contributed by atoms with Gasteiger partial charge in [-0.3, -0.25) is 14.4 Å². The Balaban J connectivity index is 1.53. The summed E-state index contributed by atoms with van der Waals surface area (Å²) in [6, 6.07) is 10.9. The molecule has 142 valence electrons. The van der Waals surface area contributed by atoms with E-state index in [1.807, 2.05) is 41.8 Å².